The molecule has 0 bridgehead atoms. The van der Waals surface area contributed by atoms with Crippen LogP contribution >= 0.6 is 11.6 Å². The van der Waals surface area contributed by atoms with E-state index in [1.54, 1.807) is 17.0 Å². The van der Waals surface area contributed by atoms with Crippen molar-refractivity contribution in [1.29, 1.82) is 0 Å². The molecule has 1 saturated heterocycles. The summed E-state index contributed by atoms with van der Waals surface area (Å²) in [6.07, 6.45) is 0. The second-order valence-corrected chi connectivity index (χ2v) is 9.52. The molecule has 1 heterocycles. The molecular formula is C20H22ClF2N3O3S. The summed E-state index contributed by atoms with van der Waals surface area (Å²) in [6, 6.07) is 8.99. The lowest BCUT2D eigenvalue weighted by molar-refractivity contribution is -0.133. The van der Waals surface area contributed by atoms with Crippen LogP contribution in [-0.2, 0) is 21.4 Å². The fourth-order valence-electron chi connectivity index (χ4n) is 3.22. The van der Waals surface area contributed by atoms with E-state index >= 15 is 0 Å². The molecule has 1 fully saturated rings. The predicted molar refractivity (Wildman–Crippen MR) is 109 cm³/mol. The first kappa shape index (κ1) is 22.6. The van der Waals surface area contributed by atoms with Gasteiger partial charge in [-0.3, -0.25) is 9.69 Å². The topological polar surface area (TPSA) is 60.9 Å². The number of benzene rings is 2. The molecular weight excluding hydrogens is 436 g/mol. The number of hydrogen-bond acceptors (Lipinski definition) is 4. The zero-order chi connectivity index (χ0) is 21.9. The molecule has 0 spiro atoms. The number of nitrogens with zero attached hydrogens (tertiary/aromatic N) is 3. The van der Waals surface area contributed by atoms with Crippen molar-refractivity contribution in [2.75, 3.05) is 39.8 Å². The standard InChI is InChI=1S/C20H22ClF2N3O3S/c1-24(30(28,29)16-7-5-15(22)6-8-16)14-20(27)26-11-9-25(10-12-26)13-17-18(21)3-2-4-19(17)23/h2-8H,9-14H2,1H3. The maximum Gasteiger partial charge on any atom is 0.243 e. The fourth-order valence-corrected chi connectivity index (χ4v) is 4.57. The first-order chi connectivity index (χ1) is 14.2. The van der Waals surface area contributed by atoms with Crippen molar-refractivity contribution in [2.24, 2.45) is 0 Å². The van der Waals surface area contributed by atoms with Crippen molar-refractivity contribution in [2.45, 2.75) is 11.4 Å². The van der Waals surface area contributed by atoms with Gasteiger partial charge in [-0.2, -0.15) is 4.31 Å². The van der Waals surface area contributed by atoms with Crippen LogP contribution < -0.4 is 0 Å². The van der Waals surface area contributed by atoms with Crippen molar-refractivity contribution in [1.82, 2.24) is 14.1 Å². The average molecular weight is 458 g/mol. The molecule has 2 aromatic carbocycles. The Morgan fingerprint density at radius 1 is 1.07 bits per heavy atom. The number of piperazine rings is 1. The molecule has 162 valence electrons. The van der Waals surface area contributed by atoms with E-state index < -0.39 is 15.8 Å². The summed E-state index contributed by atoms with van der Waals surface area (Å²) in [4.78, 5) is 16.1. The number of amides is 1. The number of halogens is 3. The normalized spacial score (nSPS) is 15.6. The summed E-state index contributed by atoms with van der Waals surface area (Å²) in [7, 11) is -2.59. The Morgan fingerprint density at radius 3 is 2.30 bits per heavy atom. The van der Waals surface area contributed by atoms with Gasteiger partial charge in [-0.05, 0) is 36.4 Å². The molecule has 0 N–H and O–H groups in total. The molecule has 0 aliphatic carbocycles. The van der Waals surface area contributed by atoms with Crippen molar-refractivity contribution in [3.05, 3.63) is 64.7 Å². The quantitative estimate of drug-likeness (QED) is 0.669. The highest BCUT2D eigenvalue weighted by atomic mass is 35.5. The third kappa shape index (κ3) is 5.15. The van der Waals surface area contributed by atoms with Crippen LogP contribution in [0, 0.1) is 11.6 Å². The van der Waals surface area contributed by atoms with Gasteiger partial charge in [-0.1, -0.05) is 17.7 Å². The molecule has 2 aromatic rings. The van der Waals surface area contributed by atoms with Gasteiger partial charge in [-0.25, -0.2) is 17.2 Å². The molecule has 30 heavy (non-hydrogen) atoms. The highest BCUT2D eigenvalue weighted by molar-refractivity contribution is 7.89. The van der Waals surface area contributed by atoms with Crippen molar-refractivity contribution in [3.8, 4) is 0 Å². The van der Waals surface area contributed by atoms with Crippen LogP contribution in [-0.4, -0.2) is 68.2 Å². The van der Waals surface area contributed by atoms with E-state index in [4.69, 9.17) is 11.6 Å². The van der Waals surface area contributed by atoms with Gasteiger partial charge in [0.05, 0.1) is 11.4 Å². The number of rotatable bonds is 6. The van der Waals surface area contributed by atoms with E-state index in [1.165, 1.54) is 13.1 Å². The largest absolute Gasteiger partial charge is 0.339 e. The van der Waals surface area contributed by atoms with Crippen molar-refractivity contribution < 1.29 is 22.0 Å². The molecule has 0 unspecified atom stereocenters. The lowest BCUT2D eigenvalue weighted by Crippen LogP contribution is -2.51. The smallest absolute Gasteiger partial charge is 0.243 e. The first-order valence-corrected chi connectivity index (χ1v) is 11.1. The van der Waals surface area contributed by atoms with E-state index in [0.717, 1.165) is 28.6 Å². The van der Waals surface area contributed by atoms with Crippen LogP contribution in [0.1, 0.15) is 5.56 Å². The van der Waals surface area contributed by atoms with Gasteiger partial charge in [0.15, 0.2) is 0 Å². The molecule has 1 aliphatic heterocycles. The second-order valence-electron chi connectivity index (χ2n) is 7.07. The molecule has 1 amide bonds. The maximum atomic E-state index is 14.0. The summed E-state index contributed by atoms with van der Waals surface area (Å²) < 4.78 is 53.1. The Morgan fingerprint density at radius 2 is 1.70 bits per heavy atom. The van der Waals surface area contributed by atoms with Crippen LogP contribution in [0.15, 0.2) is 47.4 Å². The third-order valence-electron chi connectivity index (χ3n) is 5.05. The van der Waals surface area contributed by atoms with E-state index in [1.807, 2.05) is 4.90 Å². The van der Waals surface area contributed by atoms with Gasteiger partial charge >= 0.3 is 0 Å². The van der Waals surface area contributed by atoms with E-state index in [0.29, 0.717) is 43.3 Å². The minimum atomic E-state index is -3.90. The SMILES string of the molecule is CN(CC(=O)N1CCN(Cc2c(F)cccc2Cl)CC1)S(=O)(=O)c1ccc(F)cc1. The van der Waals surface area contributed by atoms with E-state index in [9.17, 15) is 22.0 Å². The Hall–Kier alpha value is -2.07. The minimum absolute atomic E-state index is 0.0780. The fraction of sp³-hybridized carbons (Fsp3) is 0.350. The van der Waals surface area contributed by atoms with E-state index in [2.05, 4.69) is 0 Å². The summed E-state index contributed by atoms with van der Waals surface area (Å²) in [6.45, 7) is 1.85. The molecule has 10 heteroatoms. The molecule has 0 aromatic heterocycles. The highest BCUT2D eigenvalue weighted by Crippen LogP contribution is 2.21. The molecule has 3 rings (SSSR count). The Bertz CT molecular complexity index is 990. The molecule has 0 radical (unpaired) electrons. The highest BCUT2D eigenvalue weighted by Gasteiger charge is 2.27. The Kier molecular flexibility index (Phi) is 7.07. The predicted octanol–water partition coefficient (Wildman–Crippen LogP) is 2.58. The zero-order valence-electron chi connectivity index (χ0n) is 16.4. The summed E-state index contributed by atoms with van der Waals surface area (Å²) in [5, 5.41) is 0.362. The van der Waals surface area contributed by atoms with Gasteiger partial charge in [0.2, 0.25) is 15.9 Å². The number of hydrogen-bond donors (Lipinski definition) is 0. The van der Waals surface area contributed by atoms with Gasteiger partial charge < -0.3 is 4.90 Å². The Labute approximate surface area is 179 Å². The molecule has 1 aliphatic rings. The molecule has 0 saturated carbocycles. The summed E-state index contributed by atoms with van der Waals surface area (Å²) in [5.74, 6) is -1.23. The van der Waals surface area contributed by atoms with Crippen LogP contribution in [0.5, 0.6) is 0 Å². The van der Waals surface area contributed by atoms with Crippen LogP contribution in [0.25, 0.3) is 0 Å². The lowest BCUT2D eigenvalue weighted by Gasteiger charge is -2.35. The van der Waals surface area contributed by atoms with Crippen molar-refractivity contribution in [3.63, 3.8) is 0 Å². The monoisotopic (exact) mass is 457 g/mol. The lowest BCUT2D eigenvalue weighted by atomic mass is 10.2. The van der Waals surface area contributed by atoms with Gasteiger partial charge in [0.1, 0.15) is 11.6 Å². The van der Waals surface area contributed by atoms with Crippen LogP contribution in [0.3, 0.4) is 0 Å². The third-order valence-corrected chi connectivity index (χ3v) is 7.22. The number of carbonyl (C=O) groups is 1. The summed E-state index contributed by atoms with van der Waals surface area (Å²) >= 11 is 6.07. The maximum absolute atomic E-state index is 14.0. The minimum Gasteiger partial charge on any atom is -0.339 e. The average Bonchev–Trinajstić information content (AvgIpc) is 2.71. The molecule has 6 nitrogen and oxygen atoms in total. The van der Waals surface area contributed by atoms with Crippen LogP contribution in [0.2, 0.25) is 5.02 Å². The zero-order valence-corrected chi connectivity index (χ0v) is 18.0. The van der Waals surface area contributed by atoms with Gasteiger partial charge in [0, 0.05) is 50.4 Å². The number of carbonyl (C=O) groups excluding carboxylic acids is 1. The second kappa shape index (κ2) is 9.38. The molecule has 0 atom stereocenters. The van der Waals surface area contributed by atoms with Crippen molar-refractivity contribution >= 4 is 27.5 Å². The summed E-state index contributed by atoms with van der Waals surface area (Å²) in [5.41, 5.74) is 0.420. The number of likely N-dealkylation sites (N-methyl/N-ethyl adjacent to an activating group) is 1. The van der Waals surface area contributed by atoms with Gasteiger partial charge in [-0.15, -0.1) is 0 Å². The van der Waals surface area contributed by atoms with Gasteiger partial charge in [0.25, 0.3) is 0 Å². The first-order valence-electron chi connectivity index (χ1n) is 9.33. The number of sulfonamides is 1. The van der Waals surface area contributed by atoms with E-state index in [-0.39, 0.29) is 23.2 Å². The van der Waals surface area contributed by atoms with Crippen LogP contribution in [0.4, 0.5) is 8.78 Å². The Balaban J connectivity index is 1.55.